The van der Waals surface area contributed by atoms with Crippen LogP contribution < -0.4 is 10.1 Å². The molecule has 0 saturated carbocycles. The Morgan fingerprint density at radius 1 is 0.848 bits per heavy atom. The van der Waals surface area contributed by atoms with Crippen molar-refractivity contribution in [2.45, 2.75) is 13.3 Å². The van der Waals surface area contributed by atoms with Crippen LogP contribution in [-0.2, 0) is 16.0 Å². The van der Waals surface area contributed by atoms with Gasteiger partial charge in [0.1, 0.15) is 23.1 Å². The first kappa shape index (κ1) is 22.2. The Morgan fingerprint density at radius 2 is 1.48 bits per heavy atom. The summed E-state index contributed by atoms with van der Waals surface area (Å²) in [6.45, 7) is 2.40. The number of nitrogens with one attached hydrogen (secondary N) is 1. The maximum atomic E-state index is 13.5. The van der Waals surface area contributed by atoms with E-state index in [1.165, 1.54) is 36.4 Å². The van der Waals surface area contributed by atoms with Crippen LogP contribution in [0.15, 0.2) is 78.5 Å². The van der Waals surface area contributed by atoms with E-state index in [0.29, 0.717) is 30.0 Å². The van der Waals surface area contributed by atoms with E-state index in [9.17, 15) is 18.4 Å². The molecule has 3 aromatic rings. The first-order chi connectivity index (χ1) is 16.0. The molecule has 5 nitrogen and oxygen atoms in total. The van der Waals surface area contributed by atoms with Gasteiger partial charge in [-0.25, -0.2) is 8.78 Å². The Labute approximate surface area is 190 Å². The van der Waals surface area contributed by atoms with Crippen molar-refractivity contribution in [2.24, 2.45) is 0 Å². The zero-order valence-electron chi connectivity index (χ0n) is 18.0. The van der Waals surface area contributed by atoms with Crippen molar-refractivity contribution in [1.29, 1.82) is 0 Å². The summed E-state index contributed by atoms with van der Waals surface area (Å²) in [6.07, 6.45) is 0.372. The minimum Gasteiger partial charge on any atom is -0.492 e. The van der Waals surface area contributed by atoms with Crippen LogP contribution in [0.4, 0.5) is 14.5 Å². The summed E-state index contributed by atoms with van der Waals surface area (Å²) in [4.78, 5) is 27.8. The fourth-order valence-corrected chi connectivity index (χ4v) is 3.66. The Balaban J connectivity index is 1.67. The van der Waals surface area contributed by atoms with Gasteiger partial charge in [-0.05, 0) is 60.9 Å². The van der Waals surface area contributed by atoms with Crippen molar-refractivity contribution in [3.8, 4) is 5.75 Å². The second-order valence-corrected chi connectivity index (χ2v) is 7.45. The van der Waals surface area contributed by atoms with Crippen molar-refractivity contribution < 1.29 is 23.1 Å². The van der Waals surface area contributed by atoms with Crippen molar-refractivity contribution in [1.82, 2.24) is 4.90 Å². The van der Waals surface area contributed by atoms with Crippen molar-refractivity contribution in [3.63, 3.8) is 0 Å². The van der Waals surface area contributed by atoms with E-state index in [0.717, 1.165) is 10.5 Å². The number of hydrogen-bond donors (Lipinski definition) is 1. The second-order valence-electron chi connectivity index (χ2n) is 7.45. The minimum absolute atomic E-state index is 0.0952. The van der Waals surface area contributed by atoms with Crippen LogP contribution in [0.2, 0.25) is 0 Å². The molecule has 1 aliphatic rings. The number of anilines is 1. The van der Waals surface area contributed by atoms with Gasteiger partial charge in [0.2, 0.25) is 0 Å². The van der Waals surface area contributed by atoms with Gasteiger partial charge in [0, 0.05) is 6.54 Å². The summed E-state index contributed by atoms with van der Waals surface area (Å²) in [5.74, 6) is -1.24. The molecule has 2 amide bonds. The third kappa shape index (κ3) is 4.77. The van der Waals surface area contributed by atoms with Crippen LogP contribution in [0.5, 0.6) is 5.75 Å². The maximum absolute atomic E-state index is 13.5. The number of halogens is 2. The van der Waals surface area contributed by atoms with Gasteiger partial charge in [0.15, 0.2) is 0 Å². The molecule has 0 bridgehead atoms. The maximum Gasteiger partial charge on any atom is 0.278 e. The van der Waals surface area contributed by atoms with Crippen LogP contribution in [0.25, 0.3) is 5.57 Å². The first-order valence-corrected chi connectivity index (χ1v) is 10.6. The van der Waals surface area contributed by atoms with Crippen molar-refractivity contribution in [3.05, 3.63) is 101 Å². The van der Waals surface area contributed by atoms with Crippen LogP contribution in [0.3, 0.4) is 0 Å². The van der Waals surface area contributed by atoms with E-state index in [-0.39, 0.29) is 23.6 Å². The van der Waals surface area contributed by atoms with E-state index in [1.54, 1.807) is 30.3 Å². The normalized spacial score (nSPS) is 13.6. The largest absolute Gasteiger partial charge is 0.492 e. The Morgan fingerprint density at radius 3 is 2.15 bits per heavy atom. The predicted molar refractivity (Wildman–Crippen MR) is 121 cm³/mol. The molecule has 4 rings (SSSR count). The molecule has 3 aromatic carbocycles. The smallest absolute Gasteiger partial charge is 0.278 e. The van der Waals surface area contributed by atoms with Gasteiger partial charge in [-0.3, -0.25) is 14.5 Å². The van der Waals surface area contributed by atoms with Gasteiger partial charge in [0.05, 0.1) is 17.9 Å². The number of rotatable bonds is 8. The number of hydrogen-bond acceptors (Lipinski definition) is 4. The highest BCUT2D eigenvalue weighted by Crippen LogP contribution is 2.33. The summed E-state index contributed by atoms with van der Waals surface area (Å²) in [5.41, 5.74) is 2.01. The molecule has 33 heavy (non-hydrogen) atoms. The number of carbonyl (C=O) groups is 2. The Hall–Kier alpha value is -4.00. The second kappa shape index (κ2) is 9.65. The van der Waals surface area contributed by atoms with E-state index < -0.39 is 17.6 Å². The van der Waals surface area contributed by atoms with Gasteiger partial charge < -0.3 is 10.1 Å². The van der Waals surface area contributed by atoms with E-state index in [1.807, 2.05) is 13.0 Å². The highest BCUT2D eigenvalue weighted by Gasteiger charge is 2.39. The quantitative estimate of drug-likeness (QED) is 0.503. The van der Waals surface area contributed by atoms with Gasteiger partial charge in [-0.15, -0.1) is 0 Å². The Bertz CT molecular complexity index is 1200. The summed E-state index contributed by atoms with van der Waals surface area (Å²) < 4.78 is 32.3. The zero-order valence-corrected chi connectivity index (χ0v) is 18.0. The molecule has 168 valence electrons. The summed E-state index contributed by atoms with van der Waals surface area (Å²) in [5, 5.41) is 3.07. The predicted octanol–water partition coefficient (Wildman–Crippen LogP) is 4.80. The fraction of sp³-hybridized carbons (Fsp3) is 0.154. The molecule has 0 aromatic heterocycles. The molecule has 0 unspecified atom stereocenters. The standard InChI is InChI=1S/C26H22F2N2O3/c1-2-33-22-6-4-3-5-21(22)29-24-23(18-9-13-20(28)14-10-18)25(31)30(26(24)32)16-15-17-7-11-19(27)12-8-17/h3-14,29H,2,15-16H2,1H3. The summed E-state index contributed by atoms with van der Waals surface area (Å²) in [6, 6.07) is 18.4. The molecule has 1 aliphatic heterocycles. The number of carbonyl (C=O) groups excluding carboxylic acids is 2. The molecule has 0 fully saturated rings. The van der Waals surface area contributed by atoms with Gasteiger partial charge in [0.25, 0.3) is 11.8 Å². The molecular formula is C26H22F2N2O3. The number of nitrogens with zero attached hydrogens (tertiary/aromatic N) is 1. The molecule has 7 heteroatoms. The van der Waals surface area contributed by atoms with Crippen LogP contribution in [-0.4, -0.2) is 29.9 Å². The highest BCUT2D eigenvalue weighted by atomic mass is 19.1. The molecule has 1 heterocycles. The molecule has 0 aliphatic carbocycles. The zero-order chi connectivity index (χ0) is 23.4. The molecule has 0 atom stereocenters. The average Bonchev–Trinajstić information content (AvgIpc) is 3.04. The van der Waals surface area contributed by atoms with Crippen LogP contribution in [0, 0.1) is 11.6 Å². The minimum atomic E-state index is -0.493. The first-order valence-electron chi connectivity index (χ1n) is 10.6. The van der Waals surface area contributed by atoms with Crippen LogP contribution in [0.1, 0.15) is 18.1 Å². The van der Waals surface area contributed by atoms with E-state index >= 15 is 0 Å². The highest BCUT2D eigenvalue weighted by molar-refractivity contribution is 6.36. The average molecular weight is 448 g/mol. The summed E-state index contributed by atoms with van der Waals surface area (Å²) in [7, 11) is 0. The van der Waals surface area contributed by atoms with Crippen molar-refractivity contribution in [2.75, 3.05) is 18.5 Å². The van der Waals surface area contributed by atoms with E-state index in [4.69, 9.17) is 4.74 Å². The molecule has 0 saturated heterocycles. The topological polar surface area (TPSA) is 58.6 Å². The number of imide groups is 1. The van der Waals surface area contributed by atoms with E-state index in [2.05, 4.69) is 5.32 Å². The SMILES string of the molecule is CCOc1ccccc1NC1=C(c2ccc(F)cc2)C(=O)N(CCc2ccc(F)cc2)C1=O. The molecule has 1 N–H and O–H groups in total. The monoisotopic (exact) mass is 448 g/mol. The lowest BCUT2D eigenvalue weighted by Crippen LogP contribution is -2.34. The van der Waals surface area contributed by atoms with Gasteiger partial charge in [-0.2, -0.15) is 0 Å². The lowest BCUT2D eigenvalue weighted by atomic mass is 10.0. The third-order valence-corrected chi connectivity index (χ3v) is 5.28. The van der Waals surface area contributed by atoms with Gasteiger partial charge in [-0.1, -0.05) is 36.4 Å². The molecule has 0 spiro atoms. The van der Waals surface area contributed by atoms with Crippen molar-refractivity contribution >= 4 is 23.1 Å². The third-order valence-electron chi connectivity index (χ3n) is 5.28. The lowest BCUT2D eigenvalue weighted by Gasteiger charge is -2.16. The number of para-hydroxylation sites is 2. The summed E-state index contributed by atoms with van der Waals surface area (Å²) >= 11 is 0. The number of amides is 2. The molecular weight excluding hydrogens is 426 g/mol. The van der Waals surface area contributed by atoms with Gasteiger partial charge >= 0.3 is 0 Å². The molecule has 0 radical (unpaired) electrons. The van der Waals surface area contributed by atoms with Crippen LogP contribution >= 0.6 is 0 Å². The number of benzene rings is 3. The fourth-order valence-electron chi connectivity index (χ4n) is 3.66. The Kier molecular flexibility index (Phi) is 6.49. The lowest BCUT2D eigenvalue weighted by molar-refractivity contribution is -0.136. The number of ether oxygens (including phenoxy) is 1.